The molecule has 1 amide bonds. The number of carbonyl (C=O) groups is 1. The predicted octanol–water partition coefficient (Wildman–Crippen LogP) is 3.67. The van der Waals surface area contributed by atoms with Gasteiger partial charge in [-0.1, -0.05) is 26.7 Å². The van der Waals surface area contributed by atoms with Gasteiger partial charge in [-0.05, 0) is 49.6 Å². The molecule has 1 aliphatic carbocycles. The zero-order chi connectivity index (χ0) is 19.1. The number of carbonyl (C=O) groups excluding carboxylic acids is 1. The van der Waals surface area contributed by atoms with E-state index in [1.54, 1.807) is 11.3 Å². The summed E-state index contributed by atoms with van der Waals surface area (Å²) in [7, 11) is 0. The van der Waals surface area contributed by atoms with E-state index in [1.165, 1.54) is 11.1 Å². The van der Waals surface area contributed by atoms with E-state index in [-0.39, 0.29) is 17.5 Å². The minimum Gasteiger partial charge on any atom is -0.351 e. The molecular weight excluding hydrogens is 360 g/mol. The molecule has 3 atom stereocenters. The van der Waals surface area contributed by atoms with Crippen molar-refractivity contribution in [3.8, 4) is 0 Å². The van der Waals surface area contributed by atoms with Gasteiger partial charge >= 0.3 is 0 Å². The number of hydrogen-bond donors (Lipinski definition) is 1. The lowest BCUT2D eigenvalue weighted by Gasteiger charge is -2.31. The minimum absolute atomic E-state index is 0.0945. The highest BCUT2D eigenvalue weighted by Gasteiger charge is 2.28. The van der Waals surface area contributed by atoms with Gasteiger partial charge in [-0.3, -0.25) is 14.0 Å². The van der Waals surface area contributed by atoms with E-state index >= 15 is 0 Å². The first-order valence-electron chi connectivity index (χ1n) is 9.79. The van der Waals surface area contributed by atoms with Crippen LogP contribution in [0.1, 0.15) is 57.8 Å². The zero-order valence-corrected chi connectivity index (χ0v) is 16.9. The van der Waals surface area contributed by atoms with Gasteiger partial charge in [0.25, 0.3) is 5.56 Å². The Morgan fingerprint density at radius 3 is 2.89 bits per heavy atom. The average molecular weight is 387 g/mol. The van der Waals surface area contributed by atoms with Crippen LogP contribution in [0.4, 0.5) is 0 Å². The lowest BCUT2D eigenvalue weighted by Crippen LogP contribution is -2.46. The third-order valence-corrected chi connectivity index (χ3v) is 6.70. The molecule has 1 N–H and O–H groups in total. The third-order valence-electron chi connectivity index (χ3n) is 5.85. The van der Waals surface area contributed by atoms with Crippen LogP contribution in [0.15, 0.2) is 22.3 Å². The van der Waals surface area contributed by atoms with Gasteiger partial charge in [0, 0.05) is 6.04 Å². The number of nitrogens with one attached hydrogen (secondary N) is 1. The van der Waals surface area contributed by atoms with Crippen LogP contribution in [0.3, 0.4) is 0 Å². The van der Waals surface area contributed by atoms with Crippen LogP contribution >= 0.6 is 11.3 Å². The summed E-state index contributed by atoms with van der Waals surface area (Å²) in [4.78, 5) is 26.1. The monoisotopic (exact) mass is 386 g/mol. The molecule has 1 saturated carbocycles. The fourth-order valence-corrected chi connectivity index (χ4v) is 5.09. The van der Waals surface area contributed by atoms with Gasteiger partial charge in [-0.15, -0.1) is 11.3 Å². The highest BCUT2D eigenvalue weighted by atomic mass is 32.1. The molecule has 27 heavy (non-hydrogen) atoms. The fraction of sp³-hybridized carbons (Fsp3) is 0.550. The molecule has 1 fully saturated rings. The van der Waals surface area contributed by atoms with Crippen molar-refractivity contribution in [1.29, 1.82) is 0 Å². The van der Waals surface area contributed by atoms with Gasteiger partial charge in [0.05, 0.1) is 10.2 Å². The summed E-state index contributed by atoms with van der Waals surface area (Å²) in [5, 5.41) is 9.72. The molecule has 3 aromatic rings. The number of nitrogens with zero attached hydrogens (tertiary/aromatic N) is 3. The topological polar surface area (TPSA) is 68.4 Å². The van der Waals surface area contributed by atoms with Crippen LogP contribution in [0.5, 0.6) is 0 Å². The maximum atomic E-state index is 13.1. The van der Waals surface area contributed by atoms with E-state index in [2.05, 4.69) is 17.3 Å². The van der Waals surface area contributed by atoms with Crippen LogP contribution in [-0.2, 0) is 4.79 Å². The van der Waals surface area contributed by atoms with E-state index in [9.17, 15) is 9.59 Å². The van der Waals surface area contributed by atoms with Crippen LogP contribution < -0.4 is 10.9 Å². The van der Waals surface area contributed by atoms with Crippen molar-refractivity contribution in [1.82, 2.24) is 19.5 Å². The second kappa shape index (κ2) is 7.11. The quantitative estimate of drug-likeness (QED) is 0.744. The standard InChI is InChI=1S/C20H26N4O2S/c1-4-15(19(25)21-14-8-6-5-7-12(14)2)24-20(26)17-11-18-16(9-10-27-18)23(17)13(3)22-24/h9-12,14-15H,4-8H2,1-3H3,(H,21,25)/t12-,14-,15+/m0/s1. The first-order valence-corrected chi connectivity index (χ1v) is 10.7. The number of fused-ring (bicyclic) bond motifs is 3. The summed E-state index contributed by atoms with van der Waals surface area (Å²) in [6.45, 7) is 6.01. The lowest BCUT2D eigenvalue weighted by atomic mass is 9.86. The van der Waals surface area contributed by atoms with E-state index in [4.69, 9.17) is 0 Å². The summed E-state index contributed by atoms with van der Waals surface area (Å²) in [6, 6.07) is 3.52. The van der Waals surface area contributed by atoms with Crippen molar-refractivity contribution < 1.29 is 4.79 Å². The zero-order valence-electron chi connectivity index (χ0n) is 16.1. The fourth-order valence-electron chi connectivity index (χ4n) is 4.29. The molecule has 0 aromatic carbocycles. The van der Waals surface area contributed by atoms with Crippen LogP contribution in [0.2, 0.25) is 0 Å². The average Bonchev–Trinajstić information content (AvgIpc) is 3.23. The molecule has 1 aliphatic rings. The molecule has 0 saturated heterocycles. The van der Waals surface area contributed by atoms with E-state index in [0.29, 0.717) is 17.9 Å². The Hall–Kier alpha value is -2.15. The molecule has 144 valence electrons. The summed E-state index contributed by atoms with van der Waals surface area (Å²) >= 11 is 1.60. The van der Waals surface area contributed by atoms with Gasteiger partial charge in [-0.25, -0.2) is 4.68 Å². The summed E-state index contributed by atoms with van der Waals surface area (Å²) in [6.07, 6.45) is 5.07. The van der Waals surface area contributed by atoms with Crippen molar-refractivity contribution in [2.24, 2.45) is 5.92 Å². The number of hydrogen-bond acceptors (Lipinski definition) is 4. The summed E-state index contributed by atoms with van der Waals surface area (Å²) < 4.78 is 4.33. The van der Waals surface area contributed by atoms with Gasteiger partial charge < -0.3 is 5.32 Å². The molecule has 0 spiro atoms. The molecule has 7 heteroatoms. The Labute approximate surface area is 162 Å². The molecule has 3 heterocycles. The highest BCUT2D eigenvalue weighted by molar-refractivity contribution is 7.17. The molecule has 0 radical (unpaired) electrons. The smallest absolute Gasteiger partial charge is 0.291 e. The minimum atomic E-state index is -0.580. The molecular formula is C20H26N4O2S. The van der Waals surface area contributed by atoms with E-state index < -0.39 is 6.04 Å². The van der Waals surface area contributed by atoms with Gasteiger partial charge in [0.2, 0.25) is 5.91 Å². The Morgan fingerprint density at radius 2 is 2.15 bits per heavy atom. The first-order chi connectivity index (χ1) is 13.0. The number of thiophene rings is 1. The predicted molar refractivity (Wildman–Crippen MR) is 108 cm³/mol. The van der Waals surface area contributed by atoms with Crippen LogP contribution in [0.25, 0.3) is 15.7 Å². The van der Waals surface area contributed by atoms with Crippen molar-refractivity contribution in [2.75, 3.05) is 0 Å². The second-order valence-electron chi connectivity index (χ2n) is 7.63. The van der Waals surface area contributed by atoms with Crippen LogP contribution in [-0.4, -0.2) is 26.1 Å². The van der Waals surface area contributed by atoms with Crippen LogP contribution in [0, 0.1) is 12.8 Å². The Kier molecular flexibility index (Phi) is 4.80. The Bertz CT molecular complexity index is 1050. The normalized spacial score (nSPS) is 21.6. The van der Waals surface area contributed by atoms with Crippen molar-refractivity contribution in [2.45, 2.75) is 65.0 Å². The van der Waals surface area contributed by atoms with Crippen molar-refractivity contribution in [3.63, 3.8) is 0 Å². The van der Waals surface area contributed by atoms with E-state index in [0.717, 1.165) is 35.3 Å². The first kappa shape index (κ1) is 18.2. The molecule has 0 unspecified atom stereocenters. The van der Waals surface area contributed by atoms with Crippen molar-refractivity contribution in [3.05, 3.63) is 33.7 Å². The largest absolute Gasteiger partial charge is 0.351 e. The summed E-state index contributed by atoms with van der Waals surface area (Å²) in [5.41, 5.74) is 1.38. The SMILES string of the molecule is CC[C@H](C(=O)N[C@H]1CCCC[C@@H]1C)n1nc(C)n2c(cc3sccc32)c1=O. The highest BCUT2D eigenvalue weighted by Crippen LogP contribution is 2.26. The Morgan fingerprint density at radius 1 is 1.37 bits per heavy atom. The van der Waals surface area contributed by atoms with Gasteiger partial charge in [0.1, 0.15) is 17.4 Å². The number of aromatic nitrogens is 3. The third kappa shape index (κ3) is 3.08. The number of aryl methyl sites for hydroxylation is 1. The lowest BCUT2D eigenvalue weighted by molar-refractivity contribution is -0.126. The van der Waals surface area contributed by atoms with Gasteiger partial charge in [-0.2, -0.15) is 5.10 Å². The van der Waals surface area contributed by atoms with E-state index in [1.807, 2.05) is 35.8 Å². The molecule has 3 aromatic heterocycles. The molecule has 0 bridgehead atoms. The molecule has 0 aliphatic heterocycles. The maximum Gasteiger partial charge on any atom is 0.291 e. The summed E-state index contributed by atoms with van der Waals surface area (Å²) in [5.74, 6) is 1.10. The number of rotatable bonds is 4. The number of amides is 1. The molecule has 4 rings (SSSR count). The molecule has 6 nitrogen and oxygen atoms in total. The second-order valence-corrected chi connectivity index (χ2v) is 8.58. The maximum absolute atomic E-state index is 13.1. The van der Waals surface area contributed by atoms with Crippen molar-refractivity contribution >= 4 is 33.0 Å². The van der Waals surface area contributed by atoms with Gasteiger partial charge in [0.15, 0.2) is 0 Å². The Balaban J connectivity index is 1.71.